The Bertz CT molecular complexity index is 905. The Kier molecular flexibility index (Phi) is 6.93. The quantitative estimate of drug-likeness (QED) is 0.779. The fourth-order valence-electron chi connectivity index (χ4n) is 2.55. The number of anilines is 1. The first-order chi connectivity index (χ1) is 13.2. The second-order valence-corrected chi connectivity index (χ2v) is 6.99. The van der Waals surface area contributed by atoms with Gasteiger partial charge in [0.1, 0.15) is 0 Å². The molecular formula is C22H26N2O4. The van der Waals surface area contributed by atoms with Crippen LogP contribution in [-0.4, -0.2) is 42.9 Å². The fraction of sp³-hybridized carbons (Fsp3) is 0.318. The van der Waals surface area contributed by atoms with Crippen molar-refractivity contribution in [3.05, 3.63) is 64.2 Å². The molecule has 0 fully saturated rings. The number of nitrogens with one attached hydrogen (secondary N) is 1. The molecule has 0 aliphatic carbocycles. The van der Waals surface area contributed by atoms with Gasteiger partial charge >= 0.3 is 5.97 Å². The molecule has 2 aromatic rings. The van der Waals surface area contributed by atoms with E-state index in [1.807, 2.05) is 52.0 Å². The normalized spacial score (nSPS) is 10.3. The molecule has 0 aliphatic heterocycles. The van der Waals surface area contributed by atoms with Gasteiger partial charge in [-0.25, -0.2) is 4.79 Å². The second-order valence-electron chi connectivity index (χ2n) is 6.99. The van der Waals surface area contributed by atoms with Crippen molar-refractivity contribution >= 4 is 23.5 Å². The molecule has 28 heavy (non-hydrogen) atoms. The molecule has 0 aliphatic rings. The minimum Gasteiger partial charge on any atom is -0.452 e. The molecule has 6 nitrogen and oxygen atoms in total. The summed E-state index contributed by atoms with van der Waals surface area (Å²) in [5, 5.41) is 2.80. The van der Waals surface area contributed by atoms with Crippen LogP contribution in [0.2, 0.25) is 0 Å². The topological polar surface area (TPSA) is 75.7 Å². The Balaban J connectivity index is 1.86. The average Bonchev–Trinajstić information content (AvgIpc) is 2.64. The molecule has 0 saturated heterocycles. The summed E-state index contributed by atoms with van der Waals surface area (Å²) in [6.45, 7) is 7.14. The Morgan fingerprint density at radius 2 is 1.61 bits per heavy atom. The molecule has 2 aromatic carbocycles. The van der Waals surface area contributed by atoms with Gasteiger partial charge in [0.05, 0.1) is 12.1 Å². The van der Waals surface area contributed by atoms with Crippen LogP contribution >= 0.6 is 0 Å². The maximum Gasteiger partial charge on any atom is 0.338 e. The summed E-state index contributed by atoms with van der Waals surface area (Å²) in [5.41, 5.74) is 5.13. The molecular weight excluding hydrogens is 356 g/mol. The summed E-state index contributed by atoms with van der Waals surface area (Å²) in [6.07, 6.45) is 0. The maximum absolute atomic E-state index is 12.2. The van der Waals surface area contributed by atoms with Crippen molar-refractivity contribution in [3.8, 4) is 0 Å². The van der Waals surface area contributed by atoms with Crippen molar-refractivity contribution in [1.29, 1.82) is 0 Å². The SMILES string of the molecule is Cc1ccc(C)c(NC(=O)CN(C)C(=O)COC(=O)c2ccc(C)c(C)c2)c1. The zero-order chi connectivity index (χ0) is 20.8. The number of carbonyl (C=O) groups is 3. The molecule has 148 valence electrons. The number of likely N-dealkylation sites (N-methyl/N-ethyl adjacent to an activating group) is 1. The van der Waals surface area contributed by atoms with Crippen LogP contribution in [-0.2, 0) is 14.3 Å². The van der Waals surface area contributed by atoms with Crippen molar-refractivity contribution in [3.63, 3.8) is 0 Å². The third-order valence-electron chi connectivity index (χ3n) is 4.54. The van der Waals surface area contributed by atoms with Crippen molar-refractivity contribution in [2.24, 2.45) is 0 Å². The van der Waals surface area contributed by atoms with Gasteiger partial charge in [-0.2, -0.15) is 0 Å². The first kappa shape index (κ1) is 21.2. The molecule has 0 heterocycles. The lowest BCUT2D eigenvalue weighted by Gasteiger charge is -2.17. The van der Waals surface area contributed by atoms with Crippen molar-refractivity contribution in [2.75, 3.05) is 25.5 Å². The van der Waals surface area contributed by atoms with Crippen molar-refractivity contribution in [2.45, 2.75) is 27.7 Å². The van der Waals surface area contributed by atoms with Crippen LogP contribution in [0.5, 0.6) is 0 Å². The number of hydrogen-bond acceptors (Lipinski definition) is 4. The largest absolute Gasteiger partial charge is 0.452 e. The van der Waals surface area contributed by atoms with Crippen molar-refractivity contribution < 1.29 is 19.1 Å². The number of ether oxygens (including phenoxy) is 1. The third-order valence-corrected chi connectivity index (χ3v) is 4.54. The van der Waals surface area contributed by atoms with E-state index in [4.69, 9.17) is 4.74 Å². The van der Waals surface area contributed by atoms with Gasteiger partial charge in [0.15, 0.2) is 6.61 Å². The zero-order valence-electron chi connectivity index (χ0n) is 17.0. The number of rotatable bonds is 6. The maximum atomic E-state index is 12.2. The van der Waals surface area contributed by atoms with Gasteiger partial charge in [-0.1, -0.05) is 18.2 Å². The lowest BCUT2D eigenvalue weighted by atomic mass is 10.1. The highest BCUT2D eigenvalue weighted by Gasteiger charge is 2.17. The number of aryl methyl sites for hydroxylation is 4. The van der Waals surface area contributed by atoms with E-state index in [0.717, 1.165) is 22.3 Å². The van der Waals surface area contributed by atoms with E-state index in [0.29, 0.717) is 11.3 Å². The molecule has 0 radical (unpaired) electrons. The van der Waals surface area contributed by atoms with E-state index in [1.54, 1.807) is 12.1 Å². The van der Waals surface area contributed by atoms with E-state index < -0.39 is 18.5 Å². The Hall–Kier alpha value is -3.15. The number of hydrogen-bond donors (Lipinski definition) is 1. The molecule has 0 aromatic heterocycles. The number of esters is 1. The smallest absolute Gasteiger partial charge is 0.338 e. The summed E-state index contributed by atoms with van der Waals surface area (Å²) in [7, 11) is 1.49. The summed E-state index contributed by atoms with van der Waals surface area (Å²) in [5.74, 6) is -1.33. The summed E-state index contributed by atoms with van der Waals surface area (Å²) in [4.78, 5) is 37.7. The highest BCUT2D eigenvalue weighted by atomic mass is 16.5. The molecule has 0 atom stereocenters. The van der Waals surface area contributed by atoms with Gasteiger partial charge in [-0.05, 0) is 68.1 Å². The van der Waals surface area contributed by atoms with E-state index in [2.05, 4.69) is 5.32 Å². The van der Waals surface area contributed by atoms with Gasteiger partial charge in [-0.3, -0.25) is 9.59 Å². The van der Waals surface area contributed by atoms with Gasteiger partial charge in [-0.15, -0.1) is 0 Å². The Labute approximate surface area is 165 Å². The lowest BCUT2D eigenvalue weighted by molar-refractivity contribution is -0.136. The van der Waals surface area contributed by atoms with Crippen LogP contribution in [0.3, 0.4) is 0 Å². The molecule has 0 saturated carbocycles. The van der Waals surface area contributed by atoms with Gasteiger partial charge in [0.25, 0.3) is 5.91 Å². The number of nitrogens with zero attached hydrogens (tertiary/aromatic N) is 1. The minimum atomic E-state index is -0.565. The number of amides is 2. The minimum absolute atomic E-state index is 0.132. The highest BCUT2D eigenvalue weighted by molar-refractivity contribution is 5.96. The first-order valence-corrected chi connectivity index (χ1v) is 9.03. The predicted molar refractivity (Wildman–Crippen MR) is 108 cm³/mol. The monoisotopic (exact) mass is 382 g/mol. The Morgan fingerprint density at radius 1 is 0.929 bits per heavy atom. The van der Waals surface area contributed by atoms with Crippen LogP contribution in [0.4, 0.5) is 5.69 Å². The molecule has 2 rings (SSSR count). The summed E-state index contributed by atoms with van der Waals surface area (Å²) in [6, 6.07) is 11.0. The van der Waals surface area contributed by atoms with Crippen LogP contribution in [0.25, 0.3) is 0 Å². The summed E-state index contributed by atoms with van der Waals surface area (Å²) >= 11 is 0. The van der Waals surface area contributed by atoms with Crippen molar-refractivity contribution in [1.82, 2.24) is 4.90 Å². The third kappa shape index (κ3) is 5.67. The van der Waals surface area contributed by atoms with Crippen LogP contribution in [0.1, 0.15) is 32.6 Å². The van der Waals surface area contributed by atoms with E-state index in [-0.39, 0.29) is 12.5 Å². The lowest BCUT2D eigenvalue weighted by Crippen LogP contribution is -2.37. The van der Waals surface area contributed by atoms with Gasteiger partial charge < -0.3 is 15.0 Å². The standard InChI is InChI=1S/C22H26N2O4/c1-14-6-7-16(3)19(10-14)23-20(25)12-24(5)21(26)13-28-22(27)18-9-8-15(2)17(4)11-18/h6-11H,12-13H2,1-5H3,(H,23,25). The summed E-state index contributed by atoms with van der Waals surface area (Å²) < 4.78 is 5.08. The molecule has 6 heteroatoms. The Morgan fingerprint density at radius 3 is 2.29 bits per heavy atom. The molecule has 0 unspecified atom stereocenters. The molecule has 0 bridgehead atoms. The van der Waals surface area contributed by atoms with Gasteiger partial charge in [0.2, 0.25) is 5.91 Å². The van der Waals surface area contributed by atoms with E-state index in [1.165, 1.54) is 11.9 Å². The molecule has 0 spiro atoms. The van der Waals surface area contributed by atoms with Crippen LogP contribution < -0.4 is 5.32 Å². The highest BCUT2D eigenvalue weighted by Crippen LogP contribution is 2.16. The van der Waals surface area contributed by atoms with E-state index in [9.17, 15) is 14.4 Å². The fourth-order valence-corrected chi connectivity index (χ4v) is 2.55. The molecule has 2 amide bonds. The zero-order valence-corrected chi connectivity index (χ0v) is 17.0. The van der Waals surface area contributed by atoms with Crippen LogP contribution in [0.15, 0.2) is 36.4 Å². The van der Waals surface area contributed by atoms with Crippen LogP contribution in [0, 0.1) is 27.7 Å². The molecule has 1 N–H and O–H groups in total. The number of carbonyl (C=O) groups excluding carboxylic acids is 3. The first-order valence-electron chi connectivity index (χ1n) is 9.03. The second kappa shape index (κ2) is 9.17. The number of benzene rings is 2. The predicted octanol–water partition coefficient (Wildman–Crippen LogP) is 3.17. The van der Waals surface area contributed by atoms with Gasteiger partial charge in [0, 0.05) is 12.7 Å². The van der Waals surface area contributed by atoms with E-state index >= 15 is 0 Å². The average molecular weight is 382 g/mol.